The highest BCUT2D eigenvalue weighted by Crippen LogP contribution is 2.43. The van der Waals surface area contributed by atoms with Crippen molar-refractivity contribution in [1.82, 2.24) is 14.6 Å². The topological polar surface area (TPSA) is 73.9 Å². The molecule has 3 aromatic heterocycles. The molecular weight excluding hydrogens is 292 g/mol. The van der Waals surface area contributed by atoms with E-state index in [2.05, 4.69) is 14.6 Å². The van der Waals surface area contributed by atoms with Crippen molar-refractivity contribution in [3.8, 4) is 9.75 Å². The number of pyridine rings is 1. The predicted octanol–water partition coefficient (Wildman–Crippen LogP) is 3.16. The summed E-state index contributed by atoms with van der Waals surface area (Å²) in [5.41, 5.74) is 10.0. The molecule has 0 radical (unpaired) electrons. The summed E-state index contributed by atoms with van der Waals surface area (Å²) in [7, 11) is 1.68. The van der Waals surface area contributed by atoms with Crippen LogP contribution in [0.2, 0.25) is 0 Å². The van der Waals surface area contributed by atoms with Gasteiger partial charge in [0, 0.05) is 18.2 Å². The second kappa shape index (κ2) is 5.08. The van der Waals surface area contributed by atoms with Crippen molar-refractivity contribution in [3.63, 3.8) is 0 Å². The van der Waals surface area contributed by atoms with Crippen LogP contribution in [0.3, 0.4) is 0 Å². The average molecular weight is 306 g/mol. The van der Waals surface area contributed by atoms with Crippen LogP contribution in [0.5, 0.6) is 0 Å². The first kappa shape index (κ1) is 13.4. The number of aromatic nitrogens is 3. The molecule has 0 aromatic carbocycles. The molecule has 0 aliphatic heterocycles. The number of methoxy groups -OCH3 is 1. The lowest BCUT2D eigenvalue weighted by Gasteiger charge is -2.04. The summed E-state index contributed by atoms with van der Waals surface area (Å²) in [6.07, 6.45) is 0. The van der Waals surface area contributed by atoms with Crippen molar-refractivity contribution in [3.05, 3.63) is 23.0 Å². The van der Waals surface area contributed by atoms with E-state index in [0.717, 1.165) is 42.6 Å². The number of thiophene rings is 1. The van der Waals surface area contributed by atoms with Gasteiger partial charge in [-0.25, -0.2) is 4.98 Å². The van der Waals surface area contributed by atoms with Crippen molar-refractivity contribution in [2.24, 2.45) is 0 Å². The van der Waals surface area contributed by atoms with Crippen LogP contribution in [0.1, 0.15) is 17.0 Å². The van der Waals surface area contributed by atoms with Crippen LogP contribution in [0.4, 0.5) is 5.69 Å². The lowest BCUT2D eigenvalue weighted by molar-refractivity contribution is 0.186. The molecular formula is C13H14N4OS2. The van der Waals surface area contributed by atoms with Crippen LogP contribution in [0.15, 0.2) is 6.07 Å². The van der Waals surface area contributed by atoms with E-state index in [1.807, 2.05) is 19.9 Å². The van der Waals surface area contributed by atoms with E-state index in [1.54, 1.807) is 18.4 Å². The number of fused-ring (bicyclic) bond motifs is 1. The van der Waals surface area contributed by atoms with Gasteiger partial charge in [0.1, 0.15) is 4.83 Å². The first-order valence-electron chi connectivity index (χ1n) is 6.08. The zero-order valence-corrected chi connectivity index (χ0v) is 13.1. The molecule has 0 saturated heterocycles. The van der Waals surface area contributed by atoms with Crippen molar-refractivity contribution in [1.29, 1.82) is 0 Å². The smallest absolute Gasteiger partial charge is 0.126 e. The van der Waals surface area contributed by atoms with E-state index in [4.69, 9.17) is 10.5 Å². The molecule has 20 heavy (non-hydrogen) atoms. The third-order valence-electron chi connectivity index (χ3n) is 3.07. The fraction of sp³-hybridized carbons (Fsp3) is 0.308. The van der Waals surface area contributed by atoms with Gasteiger partial charge < -0.3 is 10.5 Å². The third-order valence-corrected chi connectivity index (χ3v) is 5.16. The summed E-state index contributed by atoms with van der Waals surface area (Å²) in [4.78, 5) is 7.55. The summed E-state index contributed by atoms with van der Waals surface area (Å²) < 4.78 is 9.25. The first-order chi connectivity index (χ1) is 9.61. The van der Waals surface area contributed by atoms with Gasteiger partial charge in [0.15, 0.2) is 0 Å². The van der Waals surface area contributed by atoms with Gasteiger partial charge in [-0.1, -0.05) is 4.49 Å². The lowest BCUT2D eigenvalue weighted by atomic mass is 10.1. The second-order valence-corrected chi connectivity index (χ2v) is 6.32. The molecule has 3 aromatic rings. The highest BCUT2D eigenvalue weighted by Gasteiger charge is 2.19. The Morgan fingerprint density at radius 1 is 1.30 bits per heavy atom. The van der Waals surface area contributed by atoms with E-state index >= 15 is 0 Å². The molecule has 7 heteroatoms. The second-order valence-electron chi connectivity index (χ2n) is 4.57. The number of ether oxygens (including phenoxy) is 1. The van der Waals surface area contributed by atoms with Crippen molar-refractivity contribution < 1.29 is 4.74 Å². The molecule has 2 N–H and O–H groups in total. The van der Waals surface area contributed by atoms with Gasteiger partial charge in [-0.05, 0) is 37.0 Å². The predicted molar refractivity (Wildman–Crippen MR) is 83.1 cm³/mol. The van der Waals surface area contributed by atoms with Crippen LogP contribution < -0.4 is 5.73 Å². The van der Waals surface area contributed by atoms with Crippen LogP contribution in [0.25, 0.3) is 20.0 Å². The van der Waals surface area contributed by atoms with Crippen LogP contribution in [-0.4, -0.2) is 21.7 Å². The minimum atomic E-state index is 0.528. The standard InChI is InChI=1S/C13H14N4OS2/c1-6-4-8(5-18-3)9-10(14)12(19-13(9)15-6)11-7(2)16-17-20-11/h4H,5,14H2,1-3H3. The molecule has 0 amide bonds. The minimum Gasteiger partial charge on any atom is -0.397 e. The van der Waals surface area contributed by atoms with E-state index in [1.165, 1.54) is 11.5 Å². The molecule has 0 spiro atoms. The summed E-state index contributed by atoms with van der Waals surface area (Å²) in [6, 6.07) is 2.02. The van der Waals surface area contributed by atoms with Crippen molar-refractivity contribution in [2.75, 3.05) is 12.8 Å². The zero-order chi connectivity index (χ0) is 14.3. The van der Waals surface area contributed by atoms with Crippen LogP contribution >= 0.6 is 22.9 Å². The van der Waals surface area contributed by atoms with E-state index in [0.29, 0.717) is 6.61 Å². The molecule has 0 aliphatic rings. The van der Waals surface area contributed by atoms with E-state index < -0.39 is 0 Å². The van der Waals surface area contributed by atoms with Gasteiger partial charge in [-0.15, -0.1) is 16.4 Å². The van der Waals surface area contributed by atoms with Crippen molar-refractivity contribution >= 4 is 38.8 Å². The maximum atomic E-state index is 6.35. The summed E-state index contributed by atoms with van der Waals surface area (Å²) in [6.45, 7) is 4.45. The van der Waals surface area contributed by atoms with Gasteiger partial charge in [-0.2, -0.15) is 0 Å². The number of nitrogen functional groups attached to an aromatic ring is 1. The maximum absolute atomic E-state index is 6.35. The van der Waals surface area contributed by atoms with Gasteiger partial charge in [-0.3, -0.25) is 0 Å². The molecule has 0 unspecified atom stereocenters. The lowest BCUT2D eigenvalue weighted by Crippen LogP contribution is -1.94. The number of hydrogen-bond donors (Lipinski definition) is 1. The highest BCUT2D eigenvalue weighted by molar-refractivity contribution is 7.25. The van der Waals surface area contributed by atoms with Gasteiger partial charge in [0.25, 0.3) is 0 Å². The molecule has 5 nitrogen and oxygen atoms in total. The number of anilines is 1. The number of hydrogen-bond acceptors (Lipinski definition) is 7. The summed E-state index contributed by atoms with van der Waals surface area (Å²) in [5.74, 6) is 0. The largest absolute Gasteiger partial charge is 0.397 e. The molecule has 3 heterocycles. The monoisotopic (exact) mass is 306 g/mol. The fourth-order valence-corrected chi connectivity index (χ4v) is 4.24. The highest BCUT2D eigenvalue weighted by atomic mass is 32.1. The van der Waals surface area contributed by atoms with Gasteiger partial charge >= 0.3 is 0 Å². The number of rotatable bonds is 3. The van der Waals surface area contributed by atoms with Crippen LogP contribution in [0, 0.1) is 13.8 Å². The summed E-state index contributed by atoms with van der Waals surface area (Å²) in [5, 5.41) is 5.05. The Morgan fingerprint density at radius 3 is 2.75 bits per heavy atom. The molecule has 104 valence electrons. The van der Waals surface area contributed by atoms with Crippen molar-refractivity contribution in [2.45, 2.75) is 20.5 Å². The Hall–Kier alpha value is -1.57. The fourth-order valence-electron chi connectivity index (χ4n) is 2.21. The van der Waals surface area contributed by atoms with E-state index in [-0.39, 0.29) is 0 Å². The maximum Gasteiger partial charge on any atom is 0.126 e. The minimum absolute atomic E-state index is 0.528. The van der Waals surface area contributed by atoms with E-state index in [9.17, 15) is 0 Å². The molecule has 0 saturated carbocycles. The first-order valence-corrected chi connectivity index (χ1v) is 7.67. The average Bonchev–Trinajstić information content (AvgIpc) is 2.94. The SMILES string of the molecule is COCc1cc(C)nc2sc(-c3snnc3C)c(N)c12. The van der Waals surface area contributed by atoms with Gasteiger partial charge in [0.2, 0.25) is 0 Å². The Bertz CT molecular complexity index is 778. The summed E-state index contributed by atoms with van der Waals surface area (Å²) >= 11 is 2.95. The Labute approximate surface area is 124 Å². The Kier molecular flexibility index (Phi) is 3.41. The van der Waals surface area contributed by atoms with Gasteiger partial charge in [0.05, 0.1) is 27.7 Å². The molecule has 0 aliphatic carbocycles. The number of nitrogens with zero attached hydrogens (tertiary/aromatic N) is 3. The third kappa shape index (κ3) is 2.07. The normalized spacial score (nSPS) is 11.3. The number of aryl methyl sites for hydroxylation is 2. The molecule has 0 atom stereocenters. The Morgan fingerprint density at radius 2 is 2.10 bits per heavy atom. The zero-order valence-electron chi connectivity index (χ0n) is 11.4. The molecule has 0 bridgehead atoms. The molecule has 3 rings (SSSR count). The molecule has 0 fully saturated rings. The Balaban J connectivity index is 2.30. The quantitative estimate of drug-likeness (QED) is 0.804. The number of nitrogens with two attached hydrogens (primary N) is 1. The van der Waals surface area contributed by atoms with Crippen LogP contribution in [-0.2, 0) is 11.3 Å².